The summed E-state index contributed by atoms with van der Waals surface area (Å²) in [6.07, 6.45) is 2.14. The van der Waals surface area contributed by atoms with E-state index in [0.29, 0.717) is 12.4 Å². The fraction of sp³-hybridized carbons (Fsp3) is 0.158. The van der Waals surface area contributed by atoms with Crippen molar-refractivity contribution in [2.24, 2.45) is 0 Å². The highest BCUT2D eigenvalue weighted by atomic mass is 32.2. The van der Waals surface area contributed by atoms with Crippen LogP contribution in [0.2, 0.25) is 0 Å². The van der Waals surface area contributed by atoms with Crippen molar-refractivity contribution in [2.75, 3.05) is 23.4 Å². The normalized spacial score (nSPS) is 11.0. The second kappa shape index (κ2) is 8.82. The van der Waals surface area contributed by atoms with Gasteiger partial charge in [0.05, 0.1) is 22.5 Å². The number of sulfone groups is 1. The number of rotatable bonds is 7. The minimum absolute atomic E-state index is 0.0160. The molecule has 2 heterocycles. The molecule has 1 aromatic carbocycles. The van der Waals surface area contributed by atoms with Gasteiger partial charge >= 0.3 is 0 Å². The lowest BCUT2D eigenvalue weighted by atomic mass is 10.2. The molecule has 1 amide bonds. The molecule has 0 spiro atoms. The Morgan fingerprint density at radius 1 is 1.03 bits per heavy atom. The number of halogens is 1. The first-order chi connectivity index (χ1) is 14.3. The molecule has 0 fully saturated rings. The highest BCUT2D eigenvalue weighted by Gasteiger charge is 2.18. The zero-order valence-corrected chi connectivity index (χ0v) is 17.0. The summed E-state index contributed by atoms with van der Waals surface area (Å²) in [6, 6.07) is 10.4. The van der Waals surface area contributed by atoms with Crippen molar-refractivity contribution in [3.8, 4) is 0 Å². The largest absolute Gasteiger partial charge is 0.352 e. The predicted molar refractivity (Wildman–Crippen MR) is 110 cm³/mol. The van der Waals surface area contributed by atoms with E-state index in [2.05, 4.69) is 31.1 Å². The quantitative estimate of drug-likeness (QED) is 0.522. The summed E-state index contributed by atoms with van der Waals surface area (Å²) < 4.78 is 37.3. The van der Waals surface area contributed by atoms with E-state index < -0.39 is 21.6 Å². The van der Waals surface area contributed by atoms with E-state index in [-0.39, 0.29) is 27.8 Å². The number of hydrogen-bond acceptors (Lipinski definition) is 8. The smallest absolute Gasteiger partial charge is 0.273 e. The Bertz CT molecular complexity index is 1170. The summed E-state index contributed by atoms with van der Waals surface area (Å²) in [4.78, 5) is 16.4. The number of benzene rings is 1. The Morgan fingerprint density at radius 2 is 1.80 bits per heavy atom. The molecular weight excluding hydrogens is 411 g/mol. The number of para-hydroxylation sites is 1. The minimum atomic E-state index is -3.52. The lowest BCUT2D eigenvalue weighted by Gasteiger charge is -2.14. The first kappa shape index (κ1) is 21.1. The second-order valence-corrected chi connectivity index (χ2v) is 8.22. The Balaban J connectivity index is 2.01. The van der Waals surface area contributed by atoms with E-state index in [0.717, 1.165) is 12.5 Å². The molecule has 0 unspecified atom stereocenters. The SMILES string of the molecule is CCNC(=O)c1nnc(Nc2ccc(F)cn2)cc1Nc1ccccc1S(C)(=O)=O. The number of amides is 1. The van der Waals surface area contributed by atoms with E-state index in [1.54, 1.807) is 25.1 Å². The highest BCUT2D eigenvalue weighted by Crippen LogP contribution is 2.27. The van der Waals surface area contributed by atoms with Gasteiger partial charge in [-0.25, -0.2) is 17.8 Å². The Morgan fingerprint density at radius 3 is 2.47 bits per heavy atom. The Labute approximate surface area is 172 Å². The predicted octanol–water partition coefficient (Wildman–Crippen LogP) is 2.65. The molecule has 0 atom stereocenters. The molecule has 3 aromatic rings. The van der Waals surface area contributed by atoms with Crippen LogP contribution in [-0.2, 0) is 9.84 Å². The van der Waals surface area contributed by atoms with Crippen molar-refractivity contribution in [1.82, 2.24) is 20.5 Å². The molecule has 0 saturated carbocycles. The van der Waals surface area contributed by atoms with Gasteiger partial charge in [0.25, 0.3) is 5.91 Å². The van der Waals surface area contributed by atoms with Gasteiger partial charge in [-0.15, -0.1) is 10.2 Å². The third-order valence-electron chi connectivity index (χ3n) is 3.89. The van der Waals surface area contributed by atoms with Gasteiger partial charge < -0.3 is 16.0 Å². The maximum atomic E-state index is 13.1. The van der Waals surface area contributed by atoms with Crippen LogP contribution < -0.4 is 16.0 Å². The molecule has 3 rings (SSSR count). The van der Waals surface area contributed by atoms with E-state index in [1.165, 1.54) is 24.3 Å². The topological polar surface area (TPSA) is 126 Å². The van der Waals surface area contributed by atoms with Gasteiger partial charge in [0.2, 0.25) is 0 Å². The van der Waals surface area contributed by atoms with Crippen LogP contribution in [0.1, 0.15) is 17.4 Å². The minimum Gasteiger partial charge on any atom is -0.352 e. The number of anilines is 4. The summed E-state index contributed by atoms with van der Waals surface area (Å²) >= 11 is 0. The summed E-state index contributed by atoms with van der Waals surface area (Å²) in [5, 5.41) is 16.4. The van der Waals surface area contributed by atoms with Gasteiger partial charge in [-0.05, 0) is 31.2 Å². The monoisotopic (exact) mass is 430 g/mol. The number of nitrogens with one attached hydrogen (secondary N) is 3. The standard InChI is InChI=1S/C19H19FN6O3S/c1-3-21-19(27)18-14(23-13-6-4-5-7-15(13)30(2,28)29)10-17(25-26-18)24-16-9-8-12(20)11-22-16/h4-11H,3H2,1-2H3,(H,21,27)(H2,22,23,24,25). The van der Waals surface area contributed by atoms with E-state index >= 15 is 0 Å². The number of aromatic nitrogens is 3. The summed E-state index contributed by atoms with van der Waals surface area (Å²) in [5.74, 6) is -0.422. The van der Waals surface area contributed by atoms with Gasteiger partial charge in [-0.1, -0.05) is 12.1 Å². The lowest BCUT2D eigenvalue weighted by molar-refractivity contribution is 0.0951. The molecule has 0 aliphatic carbocycles. The Kier molecular flexibility index (Phi) is 6.21. The third kappa shape index (κ3) is 5.06. The first-order valence-corrected chi connectivity index (χ1v) is 10.8. The number of hydrogen-bond donors (Lipinski definition) is 3. The molecule has 0 radical (unpaired) electrons. The molecular formula is C19H19FN6O3S. The van der Waals surface area contributed by atoms with E-state index in [1.807, 2.05) is 0 Å². The van der Waals surface area contributed by atoms with Crippen molar-refractivity contribution in [2.45, 2.75) is 11.8 Å². The van der Waals surface area contributed by atoms with Crippen molar-refractivity contribution < 1.29 is 17.6 Å². The van der Waals surface area contributed by atoms with E-state index in [9.17, 15) is 17.6 Å². The Hall–Kier alpha value is -3.60. The number of carbonyl (C=O) groups is 1. The van der Waals surface area contributed by atoms with Crippen LogP contribution in [-0.4, -0.2) is 42.3 Å². The van der Waals surface area contributed by atoms with Crippen LogP contribution >= 0.6 is 0 Å². The molecule has 3 N–H and O–H groups in total. The molecule has 11 heteroatoms. The van der Waals surface area contributed by atoms with Crippen LogP contribution in [0.5, 0.6) is 0 Å². The second-order valence-electron chi connectivity index (χ2n) is 6.23. The van der Waals surface area contributed by atoms with E-state index in [4.69, 9.17) is 0 Å². The van der Waals surface area contributed by atoms with Gasteiger partial charge in [-0.3, -0.25) is 4.79 Å². The molecule has 30 heavy (non-hydrogen) atoms. The van der Waals surface area contributed by atoms with Crippen LogP contribution in [0, 0.1) is 5.82 Å². The zero-order chi connectivity index (χ0) is 21.7. The summed E-state index contributed by atoms with van der Waals surface area (Å²) in [7, 11) is -3.52. The molecule has 0 bridgehead atoms. The molecule has 0 saturated heterocycles. The van der Waals surface area contributed by atoms with Crippen molar-refractivity contribution in [1.29, 1.82) is 0 Å². The van der Waals surface area contributed by atoms with Gasteiger partial charge in [0.1, 0.15) is 11.6 Å². The molecule has 9 nitrogen and oxygen atoms in total. The van der Waals surface area contributed by atoms with Crippen LogP contribution in [0.15, 0.2) is 53.6 Å². The zero-order valence-electron chi connectivity index (χ0n) is 16.2. The van der Waals surface area contributed by atoms with Crippen molar-refractivity contribution in [3.05, 3.63) is 60.2 Å². The van der Waals surface area contributed by atoms with Crippen molar-refractivity contribution >= 4 is 38.8 Å². The average Bonchev–Trinajstić information content (AvgIpc) is 2.70. The van der Waals surface area contributed by atoms with Crippen LogP contribution in [0.25, 0.3) is 0 Å². The fourth-order valence-corrected chi connectivity index (χ4v) is 3.42. The fourth-order valence-electron chi connectivity index (χ4n) is 2.58. The van der Waals surface area contributed by atoms with Gasteiger partial charge in [0.15, 0.2) is 21.3 Å². The maximum Gasteiger partial charge on any atom is 0.273 e. The molecule has 0 aliphatic heterocycles. The third-order valence-corrected chi connectivity index (χ3v) is 5.04. The maximum absolute atomic E-state index is 13.1. The van der Waals surface area contributed by atoms with Gasteiger partial charge in [-0.2, -0.15) is 0 Å². The highest BCUT2D eigenvalue weighted by molar-refractivity contribution is 7.90. The van der Waals surface area contributed by atoms with Gasteiger partial charge in [0, 0.05) is 18.9 Å². The average molecular weight is 430 g/mol. The lowest BCUT2D eigenvalue weighted by Crippen LogP contribution is -2.25. The molecule has 2 aromatic heterocycles. The summed E-state index contributed by atoms with van der Waals surface area (Å²) in [5.41, 5.74) is 0.499. The molecule has 0 aliphatic rings. The number of carbonyl (C=O) groups excluding carboxylic acids is 1. The first-order valence-electron chi connectivity index (χ1n) is 8.88. The van der Waals surface area contributed by atoms with Crippen LogP contribution in [0.3, 0.4) is 0 Å². The number of pyridine rings is 1. The molecule has 156 valence electrons. The number of nitrogens with zero attached hydrogens (tertiary/aromatic N) is 3. The summed E-state index contributed by atoms with van der Waals surface area (Å²) in [6.45, 7) is 2.13. The van der Waals surface area contributed by atoms with Crippen LogP contribution in [0.4, 0.5) is 27.4 Å². The van der Waals surface area contributed by atoms with Crippen molar-refractivity contribution in [3.63, 3.8) is 0 Å².